The first-order valence-electron chi connectivity index (χ1n) is 12.0. The molecule has 0 saturated heterocycles. The zero-order valence-corrected chi connectivity index (χ0v) is 20.1. The summed E-state index contributed by atoms with van der Waals surface area (Å²) in [6, 6.07) is 17.8. The van der Waals surface area contributed by atoms with E-state index in [1.165, 1.54) is 0 Å². The predicted octanol–water partition coefficient (Wildman–Crippen LogP) is 4.36. The minimum absolute atomic E-state index is 0.364. The molecule has 35 heavy (non-hydrogen) atoms. The van der Waals surface area contributed by atoms with E-state index >= 15 is 0 Å². The molecule has 1 aliphatic rings. The van der Waals surface area contributed by atoms with E-state index in [0.717, 1.165) is 29.8 Å². The molecule has 0 radical (unpaired) electrons. The highest BCUT2D eigenvalue weighted by Gasteiger charge is 2.23. The number of carboxylic acids is 1. The van der Waals surface area contributed by atoms with Gasteiger partial charge in [0, 0.05) is 18.8 Å². The van der Waals surface area contributed by atoms with Crippen LogP contribution in [-0.2, 0) is 11.2 Å². The SMILES string of the molecule is CCC(Cc1ccc(OCCN(C)c2nc(Nc3ccccc3)nc(NC3CC3)n2)cc1)C(=O)O. The lowest BCUT2D eigenvalue weighted by atomic mass is 9.97. The average molecular weight is 477 g/mol. The van der Waals surface area contributed by atoms with Crippen molar-refractivity contribution in [1.82, 2.24) is 15.0 Å². The Hall–Kier alpha value is -3.88. The molecule has 0 amide bonds. The summed E-state index contributed by atoms with van der Waals surface area (Å²) in [6.07, 6.45) is 3.38. The number of carbonyl (C=O) groups is 1. The Kier molecular flexibility index (Phi) is 7.97. The summed E-state index contributed by atoms with van der Waals surface area (Å²) in [7, 11) is 1.92. The second kappa shape index (κ2) is 11.5. The maximum atomic E-state index is 11.3. The van der Waals surface area contributed by atoms with Crippen molar-refractivity contribution in [1.29, 1.82) is 0 Å². The minimum atomic E-state index is -0.758. The van der Waals surface area contributed by atoms with Crippen LogP contribution in [0.15, 0.2) is 54.6 Å². The van der Waals surface area contributed by atoms with Crippen LogP contribution < -0.4 is 20.3 Å². The Morgan fingerprint density at radius 2 is 1.80 bits per heavy atom. The lowest BCUT2D eigenvalue weighted by molar-refractivity contribution is -0.141. The van der Waals surface area contributed by atoms with E-state index in [4.69, 9.17) is 4.74 Å². The third-order valence-corrected chi connectivity index (χ3v) is 5.85. The molecular weight excluding hydrogens is 444 g/mol. The summed E-state index contributed by atoms with van der Waals surface area (Å²) < 4.78 is 5.90. The number of ether oxygens (including phenoxy) is 1. The molecular formula is C26H32N6O3. The predicted molar refractivity (Wildman–Crippen MR) is 137 cm³/mol. The minimum Gasteiger partial charge on any atom is -0.492 e. The van der Waals surface area contributed by atoms with Gasteiger partial charge in [-0.05, 0) is 55.5 Å². The van der Waals surface area contributed by atoms with E-state index in [0.29, 0.717) is 49.9 Å². The topological polar surface area (TPSA) is 113 Å². The molecule has 1 heterocycles. The normalized spacial score (nSPS) is 13.7. The first kappa shape index (κ1) is 24.3. The molecule has 0 spiro atoms. The van der Waals surface area contributed by atoms with Crippen LogP contribution in [-0.4, -0.2) is 52.3 Å². The molecule has 3 aromatic rings. The number of rotatable bonds is 13. The first-order valence-corrected chi connectivity index (χ1v) is 12.0. The number of nitrogens with one attached hydrogen (secondary N) is 2. The number of anilines is 4. The summed E-state index contributed by atoms with van der Waals surface area (Å²) in [6.45, 7) is 2.92. The van der Waals surface area contributed by atoms with Crippen molar-refractivity contribution in [3.8, 4) is 5.75 Å². The molecule has 2 aromatic carbocycles. The van der Waals surface area contributed by atoms with Gasteiger partial charge in [-0.25, -0.2) is 0 Å². The maximum absolute atomic E-state index is 11.3. The Balaban J connectivity index is 1.35. The molecule has 3 N–H and O–H groups in total. The van der Waals surface area contributed by atoms with Gasteiger partial charge < -0.3 is 25.4 Å². The van der Waals surface area contributed by atoms with Gasteiger partial charge in [0.05, 0.1) is 12.5 Å². The van der Waals surface area contributed by atoms with E-state index in [1.807, 2.05) is 73.5 Å². The molecule has 1 aromatic heterocycles. The lowest BCUT2D eigenvalue weighted by Gasteiger charge is -2.19. The molecule has 9 heteroatoms. The molecule has 1 aliphatic carbocycles. The molecule has 4 rings (SSSR count). The highest BCUT2D eigenvalue weighted by atomic mass is 16.5. The van der Waals surface area contributed by atoms with Crippen LogP contribution in [0.3, 0.4) is 0 Å². The van der Waals surface area contributed by atoms with Gasteiger partial charge in [-0.1, -0.05) is 37.3 Å². The van der Waals surface area contributed by atoms with E-state index in [1.54, 1.807) is 0 Å². The fraction of sp³-hybridized carbons (Fsp3) is 0.385. The molecule has 1 saturated carbocycles. The molecule has 9 nitrogen and oxygen atoms in total. The monoisotopic (exact) mass is 476 g/mol. The number of hydrogen-bond acceptors (Lipinski definition) is 8. The Labute approximate surface area is 205 Å². The van der Waals surface area contributed by atoms with Gasteiger partial charge in [0.1, 0.15) is 12.4 Å². The molecule has 1 unspecified atom stereocenters. The van der Waals surface area contributed by atoms with Gasteiger partial charge in [-0.2, -0.15) is 15.0 Å². The van der Waals surface area contributed by atoms with Gasteiger partial charge in [0.25, 0.3) is 0 Å². The Morgan fingerprint density at radius 1 is 1.09 bits per heavy atom. The Bertz CT molecular complexity index is 1110. The zero-order valence-electron chi connectivity index (χ0n) is 20.1. The third-order valence-electron chi connectivity index (χ3n) is 5.85. The largest absolute Gasteiger partial charge is 0.492 e. The van der Waals surface area contributed by atoms with Crippen molar-refractivity contribution < 1.29 is 14.6 Å². The van der Waals surface area contributed by atoms with Crippen LogP contribution in [0, 0.1) is 5.92 Å². The molecule has 0 aliphatic heterocycles. The number of para-hydroxylation sites is 1. The summed E-state index contributed by atoms with van der Waals surface area (Å²) in [4.78, 5) is 26.9. The van der Waals surface area contributed by atoms with Crippen LogP contribution in [0.2, 0.25) is 0 Å². The van der Waals surface area contributed by atoms with Crippen molar-refractivity contribution in [3.63, 3.8) is 0 Å². The summed E-state index contributed by atoms with van der Waals surface area (Å²) in [5.41, 5.74) is 1.90. The lowest BCUT2D eigenvalue weighted by Crippen LogP contribution is -2.26. The van der Waals surface area contributed by atoms with Crippen LogP contribution in [0.1, 0.15) is 31.7 Å². The maximum Gasteiger partial charge on any atom is 0.306 e. The quantitative estimate of drug-likeness (QED) is 0.331. The van der Waals surface area contributed by atoms with E-state index in [9.17, 15) is 9.90 Å². The zero-order chi connectivity index (χ0) is 24.6. The molecule has 184 valence electrons. The second-order valence-corrected chi connectivity index (χ2v) is 8.75. The van der Waals surface area contributed by atoms with Gasteiger partial charge in [0.2, 0.25) is 17.8 Å². The number of likely N-dealkylation sites (N-methyl/N-ethyl adjacent to an activating group) is 1. The Morgan fingerprint density at radius 3 is 2.46 bits per heavy atom. The van der Waals surface area contributed by atoms with Crippen LogP contribution in [0.4, 0.5) is 23.5 Å². The summed E-state index contributed by atoms with van der Waals surface area (Å²) >= 11 is 0. The van der Waals surface area contributed by atoms with Crippen molar-refractivity contribution in [2.24, 2.45) is 5.92 Å². The number of hydrogen-bond donors (Lipinski definition) is 3. The first-order chi connectivity index (χ1) is 17.0. The molecule has 0 bridgehead atoms. The van der Waals surface area contributed by atoms with Crippen molar-refractivity contribution in [2.75, 3.05) is 35.7 Å². The summed E-state index contributed by atoms with van der Waals surface area (Å²) in [5.74, 6) is 1.22. The highest BCUT2D eigenvalue weighted by molar-refractivity contribution is 5.70. The third kappa shape index (κ3) is 7.30. The number of aliphatic carboxylic acids is 1. The molecule has 1 fully saturated rings. The number of nitrogens with zero attached hydrogens (tertiary/aromatic N) is 4. The van der Waals surface area contributed by atoms with Gasteiger partial charge in [-0.15, -0.1) is 0 Å². The average Bonchev–Trinajstić information content (AvgIpc) is 3.67. The van der Waals surface area contributed by atoms with E-state index < -0.39 is 5.97 Å². The number of carboxylic acid groups (broad SMARTS) is 1. The second-order valence-electron chi connectivity index (χ2n) is 8.75. The van der Waals surface area contributed by atoms with E-state index in [2.05, 4.69) is 25.6 Å². The van der Waals surface area contributed by atoms with Gasteiger partial charge in [-0.3, -0.25) is 4.79 Å². The van der Waals surface area contributed by atoms with Crippen LogP contribution in [0.25, 0.3) is 0 Å². The highest BCUT2D eigenvalue weighted by Crippen LogP contribution is 2.25. The van der Waals surface area contributed by atoms with Crippen LogP contribution in [0.5, 0.6) is 5.75 Å². The van der Waals surface area contributed by atoms with Crippen LogP contribution >= 0.6 is 0 Å². The fourth-order valence-electron chi connectivity index (χ4n) is 3.53. The smallest absolute Gasteiger partial charge is 0.306 e. The van der Waals surface area contributed by atoms with Gasteiger partial charge >= 0.3 is 5.97 Å². The van der Waals surface area contributed by atoms with Gasteiger partial charge in [0.15, 0.2) is 0 Å². The molecule has 1 atom stereocenters. The fourth-order valence-corrected chi connectivity index (χ4v) is 3.53. The number of aromatic nitrogens is 3. The summed E-state index contributed by atoms with van der Waals surface area (Å²) in [5, 5.41) is 15.9. The van der Waals surface area contributed by atoms with Crippen molar-refractivity contribution in [3.05, 3.63) is 60.2 Å². The van der Waals surface area contributed by atoms with Crippen molar-refractivity contribution in [2.45, 2.75) is 38.6 Å². The van der Waals surface area contributed by atoms with E-state index in [-0.39, 0.29) is 5.92 Å². The standard InChI is InChI=1S/C26H32N6O3/c1-3-19(23(33)34)17-18-9-13-22(14-10-18)35-16-15-32(2)26-30-24(27-20-7-5-4-6-8-20)29-25(31-26)28-21-11-12-21/h4-10,13-14,19,21H,3,11-12,15-17H2,1-2H3,(H,33,34)(H2,27,28,29,30,31). The number of benzene rings is 2. The van der Waals surface area contributed by atoms with Crippen molar-refractivity contribution >= 4 is 29.5 Å².